The maximum absolute atomic E-state index is 4.39. The summed E-state index contributed by atoms with van der Waals surface area (Å²) in [6, 6.07) is 0. The molecule has 0 atom stereocenters. The van der Waals surface area contributed by atoms with Crippen LogP contribution in [0.1, 0.15) is 12.8 Å². The summed E-state index contributed by atoms with van der Waals surface area (Å²) in [4.78, 5) is 13.7. The molecule has 0 bridgehead atoms. The highest BCUT2D eigenvalue weighted by molar-refractivity contribution is 14.1. The third-order valence-electron chi connectivity index (χ3n) is 3.48. The quantitative estimate of drug-likeness (QED) is 0.780. The second kappa shape index (κ2) is 5.06. The first-order valence-electron chi connectivity index (χ1n) is 6.26. The Morgan fingerprint density at radius 1 is 1.12 bits per heavy atom. The summed E-state index contributed by atoms with van der Waals surface area (Å²) in [7, 11) is 0. The van der Waals surface area contributed by atoms with E-state index in [2.05, 4.69) is 42.4 Å². The average molecular weight is 344 g/mol. The van der Waals surface area contributed by atoms with E-state index in [0.29, 0.717) is 0 Å². The predicted molar refractivity (Wildman–Crippen MR) is 76.1 cm³/mol. The average Bonchev–Trinajstić information content (AvgIpc) is 3.15. The summed E-state index contributed by atoms with van der Waals surface area (Å²) in [6.45, 7) is 5.75. The van der Waals surface area contributed by atoms with Crippen LogP contribution in [-0.4, -0.2) is 47.6 Å². The van der Waals surface area contributed by atoms with E-state index in [1.807, 2.05) is 12.4 Å². The topological polar surface area (TPSA) is 32.3 Å². The van der Waals surface area contributed by atoms with Crippen LogP contribution in [0.4, 0.5) is 5.95 Å². The minimum Gasteiger partial charge on any atom is -0.338 e. The van der Waals surface area contributed by atoms with E-state index in [1.165, 1.54) is 19.4 Å². The molecule has 1 aromatic rings. The van der Waals surface area contributed by atoms with Gasteiger partial charge in [-0.25, -0.2) is 9.97 Å². The monoisotopic (exact) mass is 344 g/mol. The first-order chi connectivity index (χ1) is 8.31. The highest BCUT2D eigenvalue weighted by Gasteiger charge is 2.26. The van der Waals surface area contributed by atoms with Crippen LogP contribution < -0.4 is 4.90 Å². The van der Waals surface area contributed by atoms with Crippen molar-refractivity contribution in [3.63, 3.8) is 0 Å². The summed E-state index contributed by atoms with van der Waals surface area (Å²) < 4.78 is 1.10. The molecule has 1 aromatic heterocycles. The Labute approximate surface area is 116 Å². The Hall–Kier alpha value is -0.430. The Morgan fingerprint density at radius 2 is 1.76 bits per heavy atom. The van der Waals surface area contributed by atoms with Crippen LogP contribution >= 0.6 is 22.6 Å². The van der Waals surface area contributed by atoms with Crippen LogP contribution in [0.2, 0.25) is 0 Å². The van der Waals surface area contributed by atoms with Gasteiger partial charge in [-0.05, 0) is 41.4 Å². The smallest absolute Gasteiger partial charge is 0.225 e. The van der Waals surface area contributed by atoms with Gasteiger partial charge in [0.25, 0.3) is 0 Å². The van der Waals surface area contributed by atoms with E-state index in [1.54, 1.807) is 0 Å². The molecule has 0 spiro atoms. The van der Waals surface area contributed by atoms with Gasteiger partial charge >= 0.3 is 0 Å². The van der Waals surface area contributed by atoms with Crippen LogP contribution in [0.3, 0.4) is 0 Å². The standard InChI is InChI=1S/C12H17IN4/c13-11-7-14-12(15-8-11)17-5-3-16(4-6-17)9-10-1-2-10/h7-8,10H,1-6,9H2. The van der Waals surface area contributed by atoms with E-state index in [-0.39, 0.29) is 0 Å². The molecule has 2 fully saturated rings. The zero-order chi connectivity index (χ0) is 11.7. The summed E-state index contributed by atoms with van der Waals surface area (Å²) in [5.41, 5.74) is 0. The number of hydrogen-bond donors (Lipinski definition) is 0. The van der Waals surface area contributed by atoms with Crippen molar-refractivity contribution < 1.29 is 0 Å². The van der Waals surface area contributed by atoms with Crippen LogP contribution in [0.15, 0.2) is 12.4 Å². The summed E-state index contributed by atoms with van der Waals surface area (Å²) in [5.74, 6) is 1.88. The lowest BCUT2D eigenvalue weighted by atomic mass is 10.3. The highest BCUT2D eigenvalue weighted by Crippen LogP contribution is 2.30. The normalized spacial score (nSPS) is 21.8. The highest BCUT2D eigenvalue weighted by atomic mass is 127. The first kappa shape index (κ1) is 11.6. The zero-order valence-corrected chi connectivity index (χ0v) is 12.0. The molecule has 0 unspecified atom stereocenters. The minimum atomic E-state index is 0.886. The summed E-state index contributed by atoms with van der Waals surface area (Å²) >= 11 is 2.24. The molecule has 1 saturated heterocycles. The Bertz CT molecular complexity index is 369. The lowest BCUT2D eigenvalue weighted by Gasteiger charge is -2.34. The first-order valence-corrected chi connectivity index (χ1v) is 7.34. The maximum Gasteiger partial charge on any atom is 0.225 e. The molecule has 0 amide bonds. The fourth-order valence-corrected chi connectivity index (χ4v) is 2.54. The number of hydrogen-bond acceptors (Lipinski definition) is 4. The van der Waals surface area contributed by atoms with E-state index in [0.717, 1.165) is 41.6 Å². The molecular weight excluding hydrogens is 327 g/mol. The Balaban J connectivity index is 1.54. The third-order valence-corrected chi connectivity index (χ3v) is 4.03. The molecule has 1 aliphatic heterocycles. The molecule has 2 aliphatic rings. The number of rotatable bonds is 3. The van der Waals surface area contributed by atoms with Gasteiger partial charge < -0.3 is 4.90 Å². The second-order valence-corrected chi connectivity index (χ2v) is 6.18. The maximum atomic E-state index is 4.39. The molecular formula is C12H17IN4. The number of halogens is 1. The fourth-order valence-electron chi connectivity index (χ4n) is 2.26. The van der Waals surface area contributed by atoms with Gasteiger partial charge in [0.15, 0.2) is 0 Å². The van der Waals surface area contributed by atoms with Crippen LogP contribution in [-0.2, 0) is 0 Å². The molecule has 1 aliphatic carbocycles. The number of anilines is 1. The van der Waals surface area contributed by atoms with Crippen molar-refractivity contribution >= 4 is 28.5 Å². The van der Waals surface area contributed by atoms with Gasteiger partial charge in [-0.15, -0.1) is 0 Å². The van der Waals surface area contributed by atoms with Gasteiger partial charge in [0.2, 0.25) is 5.95 Å². The minimum absolute atomic E-state index is 0.886. The number of piperazine rings is 1. The van der Waals surface area contributed by atoms with Gasteiger partial charge in [0, 0.05) is 48.7 Å². The van der Waals surface area contributed by atoms with E-state index < -0.39 is 0 Å². The molecule has 0 radical (unpaired) electrons. The summed E-state index contributed by atoms with van der Waals surface area (Å²) in [6.07, 6.45) is 6.67. The van der Waals surface area contributed by atoms with E-state index >= 15 is 0 Å². The molecule has 0 aromatic carbocycles. The largest absolute Gasteiger partial charge is 0.338 e. The molecule has 17 heavy (non-hydrogen) atoms. The van der Waals surface area contributed by atoms with E-state index in [9.17, 15) is 0 Å². The predicted octanol–water partition coefficient (Wildman–Crippen LogP) is 1.61. The molecule has 0 N–H and O–H groups in total. The Kier molecular flexibility index (Phi) is 3.46. The second-order valence-electron chi connectivity index (χ2n) is 4.93. The molecule has 92 valence electrons. The SMILES string of the molecule is Ic1cnc(N2CCN(CC3CC3)CC2)nc1. The molecule has 1 saturated carbocycles. The molecule has 2 heterocycles. The zero-order valence-electron chi connectivity index (χ0n) is 9.85. The van der Waals surface area contributed by atoms with Gasteiger partial charge in [0.05, 0.1) is 0 Å². The van der Waals surface area contributed by atoms with Crippen molar-refractivity contribution in [1.82, 2.24) is 14.9 Å². The van der Waals surface area contributed by atoms with Crippen molar-refractivity contribution in [2.45, 2.75) is 12.8 Å². The van der Waals surface area contributed by atoms with Gasteiger partial charge in [-0.2, -0.15) is 0 Å². The van der Waals surface area contributed by atoms with Gasteiger partial charge in [-0.1, -0.05) is 0 Å². The number of aromatic nitrogens is 2. The van der Waals surface area contributed by atoms with E-state index in [4.69, 9.17) is 0 Å². The lowest BCUT2D eigenvalue weighted by Crippen LogP contribution is -2.47. The van der Waals surface area contributed by atoms with Crippen molar-refractivity contribution in [2.75, 3.05) is 37.6 Å². The summed E-state index contributed by atoms with van der Waals surface area (Å²) in [5, 5.41) is 0. The molecule has 4 nitrogen and oxygen atoms in total. The van der Waals surface area contributed by atoms with Crippen molar-refractivity contribution in [1.29, 1.82) is 0 Å². The third kappa shape index (κ3) is 3.07. The lowest BCUT2D eigenvalue weighted by molar-refractivity contribution is 0.247. The van der Waals surface area contributed by atoms with Crippen LogP contribution in [0, 0.1) is 9.49 Å². The van der Waals surface area contributed by atoms with Crippen LogP contribution in [0.5, 0.6) is 0 Å². The van der Waals surface area contributed by atoms with Crippen molar-refractivity contribution in [2.24, 2.45) is 5.92 Å². The Morgan fingerprint density at radius 3 is 2.35 bits per heavy atom. The number of nitrogens with zero attached hydrogens (tertiary/aromatic N) is 4. The van der Waals surface area contributed by atoms with Gasteiger partial charge in [-0.3, -0.25) is 4.90 Å². The fraction of sp³-hybridized carbons (Fsp3) is 0.667. The molecule has 5 heteroatoms. The van der Waals surface area contributed by atoms with Gasteiger partial charge in [0.1, 0.15) is 0 Å². The van der Waals surface area contributed by atoms with Crippen molar-refractivity contribution in [3.05, 3.63) is 16.0 Å². The molecule has 3 rings (SSSR count). The van der Waals surface area contributed by atoms with Crippen LogP contribution in [0.25, 0.3) is 0 Å². The van der Waals surface area contributed by atoms with Crippen molar-refractivity contribution in [3.8, 4) is 0 Å².